The smallest absolute Gasteiger partial charge is 0.283 e. The van der Waals surface area contributed by atoms with Gasteiger partial charge in [-0.2, -0.15) is 0 Å². The van der Waals surface area contributed by atoms with E-state index in [1.807, 2.05) is 31.2 Å². The molecule has 0 spiro atoms. The second kappa shape index (κ2) is 7.08. The number of nitro benzene ring substituents is 1. The van der Waals surface area contributed by atoms with Gasteiger partial charge in [0.15, 0.2) is 0 Å². The van der Waals surface area contributed by atoms with Crippen LogP contribution in [0.3, 0.4) is 0 Å². The van der Waals surface area contributed by atoms with Crippen molar-refractivity contribution in [2.24, 2.45) is 0 Å². The van der Waals surface area contributed by atoms with Crippen LogP contribution in [-0.4, -0.2) is 11.5 Å². The Morgan fingerprint density at radius 3 is 2.76 bits per heavy atom. The molecule has 0 unspecified atom stereocenters. The Labute approximate surface area is 131 Å². The van der Waals surface area contributed by atoms with Gasteiger partial charge in [-0.25, -0.2) is 0 Å². The van der Waals surface area contributed by atoms with Crippen molar-refractivity contribution < 1.29 is 9.66 Å². The van der Waals surface area contributed by atoms with Crippen LogP contribution in [-0.2, 0) is 6.54 Å². The first-order chi connectivity index (χ1) is 10.1. The summed E-state index contributed by atoms with van der Waals surface area (Å²) in [6.07, 6.45) is 0. The maximum absolute atomic E-state index is 10.8. The van der Waals surface area contributed by atoms with Gasteiger partial charge in [0.05, 0.1) is 16.0 Å². The van der Waals surface area contributed by atoms with Crippen molar-refractivity contribution in [3.8, 4) is 5.75 Å². The van der Waals surface area contributed by atoms with Gasteiger partial charge >= 0.3 is 0 Å². The largest absolute Gasteiger partial charge is 0.494 e. The van der Waals surface area contributed by atoms with E-state index in [2.05, 4.69) is 21.2 Å². The lowest BCUT2D eigenvalue weighted by atomic mass is 10.2. The average molecular weight is 351 g/mol. The molecule has 0 saturated carbocycles. The molecule has 0 heterocycles. The zero-order valence-electron chi connectivity index (χ0n) is 11.5. The molecule has 0 bridgehead atoms. The quantitative estimate of drug-likeness (QED) is 0.620. The Bertz CT molecular complexity index is 647. The van der Waals surface area contributed by atoms with E-state index in [-0.39, 0.29) is 5.69 Å². The Kier molecular flexibility index (Phi) is 5.16. The molecule has 6 heteroatoms. The summed E-state index contributed by atoms with van der Waals surface area (Å²) < 4.78 is 5.91. The van der Waals surface area contributed by atoms with E-state index in [9.17, 15) is 10.1 Å². The molecule has 0 saturated heterocycles. The third kappa shape index (κ3) is 4.19. The molecule has 110 valence electrons. The Morgan fingerprint density at radius 1 is 1.29 bits per heavy atom. The van der Waals surface area contributed by atoms with E-state index in [0.717, 1.165) is 17.0 Å². The number of nitro groups is 1. The molecule has 0 aliphatic heterocycles. The molecule has 2 rings (SSSR count). The van der Waals surface area contributed by atoms with Crippen LogP contribution in [0, 0.1) is 10.1 Å². The van der Waals surface area contributed by atoms with Gasteiger partial charge in [-0.1, -0.05) is 12.1 Å². The van der Waals surface area contributed by atoms with E-state index < -0.39 is 4.92 Å². The van der Waals surface area contributed by atoms with E-state index in [0.29, 0.717) is 17.6 Å². The highest BCUT2D eigenvalue weighted by molar-refractivity contribution is 9.10. The molecular weight excluding hydrogens is 336 g/mol. The summed E-state index contributed by atoms with van der Waals surface area (Å²) in [6, 6.07) is 12.7. The molecule has 5 nitrogen and oxygen atoms in total. The van der Waals surface area contributed by atoms with E-state index >= 15 is 0 Å². The number of benzene rings is 2. The van der Waals surface area contributed by atoms with Crippen molar-refractivity contribution >= 4 is 27.3 Å². The Hall–Kier alpha value is -2.08. The summed E-state index contributed by atoms with van der Waals surface area (Å²) in [6.45, 7) is 3.19. The SMILES string of the molecule is CCOc1cccc(CNc2ccc([N+](=O)[O-])c(Br)c2)c1. The first-order valence-corrected chi connectivity index (χ1v) is 7.29. The van der Waals surface area contributed by atoms with E-state index in [1.165, 1.54) is 6.07 Å². The molecule has 0 fully saturated rings. The standard InChI is InChI=1S/C15H15BrN2O3/c1-2-21-13-5-3-4-11(8-13)10-17-12-6-7-15(18(19)20)14(16)9-12/h3-9,17H,2,10H2,1H3. The molecule has 1 N–H and O–H groups in total. The van der Waals surface area contributed by atoms with Crippen LogP contribution in [0.15, 0.2) is 46.9 Å². The normalized spacial score (nSPS) is 10.2. The third-order valence-electron chi connectivity index (χ3n) is 2.85. The number of nitrogens with zero attached hydrogens (tertiary/aromatic N) is 1. The fraction of sp³-hybridized carbons (Fsp3) is 0.200. The summed E-state index contributed by atoms with van der Waals surface area (Å²) in [5.41, 5.74) is 1.95. The number of anilines is 1. The second-order valence-electron chi connectivity index (χ2n) is 4.36. The highest BCUT2D eigenvalue weighted by atomic mass is 79.9. The molecule has 0 radical (unpaired) electrons. The average Bonchev–Trinajstić information content (AvgIpc) is 2.45. The number of rotatable bonds is 6. The molecule has 2 aromatic carbocycles. The monoisotopic (exact) mass is 350 g/mol. The van der Waals surface area contributed by atoms with Crippen LogP contribution in [0.4, 0.5) is 11.4 Å². The fourth-order valence-electron chi connectivity index (χ4n) is 1.88. The van der Waals surface area contributed by atoms with Crippen LogP contribution in [0.2, 0.25) is 0 Å². The molecule has 2 aromatic rings. The number of halogens is 1. The fourth-order valence-corrected chi connectivity index (χ4v) is 2.40. The van der Waals surface area contributed by atoms with Crippen molar-refractivity contribution in [2.75, 3.05) is 11.9 Å². The minimum absolute atomic E-state index is 0.0545. The molecule has 0 atom stereocenters. The van der Waals surface area contributed by atoms with Crippen molar-refractivity contribution in [2.45, 2.75) is 13.5 Å². The van der Waals surface area contributed by atoms with Crippen molar-refractivity contribution in [3.63, 3.8) is 0 Å². The summed E-state index contributed by atoms with van der Waals surface area (Å²) in [7, 11) is 0. The van der Waals surface area contributed by atoms with E-state index in [1.54, 1.807) is 12.1 Å². The summed E-state index contributed by atoms with van der Waals surface area (Å²) >= 11 is 3.20. The highest BCUT2D eigenvalue weighted by Gasteiger charge is 2.11. The highest BCUT2D eigenvalue weighted by Crippen LogP contribution is 2.28. The Morgan fingerprint density at radius 2 is 2.10 bits per heavy atom. The van der Waals surface area contributed by atoms with Gasteiger partial charge in [0.2, 0.25) is 0 Å². The predicted molar refractivity (Wildman–Crippen MR) is 85.7 cm³/mol. The summed E-state index contributed by atoms with van der Waals surface area (Å²) in [5, 5.41) is 14.0. The molecule has 0 aromatic heterocycles. The van der Waals surface area contributed by atoms with Crippen LogP contribution in [0.5, 0.6) is 5.75 Å². The molecule has 0 amide bonds. The predicted octanol–water partition coefficient (Wildman–Crippen LogP) is 4.37. The van der Waals surface area contributed by atoms with Gasteiger partial charge < -0.3 is 10.1 Å². The maximum Gasteiger partial charge on any atom is 0.283 e. The third-order valence-corrected chi connectivity index (χ3v) is 3.49. The van der Waals surface area contributed by atoms with Crippen molar-refractivity contribution in [3.05, 3.63) is 62.6 Å². The number of hydrogen-bond acceptors (Lipinski definition) is 4. The molecule has 0 aliphatic rings. The van der Waals surface area contributed by atoms with Crippen LogP contribution >= 0.6 is 15.9 Å². The first-order valence-electron chi connectivity index (χ1n) is 6.49. The van der Waals surface area contributed by atoms with Gasteiger partial charge in [-0.15, -0.1) is 0 Å². The van der Waals surface area contributed by atoms with Crippen LogP contribution in [0.25, 0.3) is 0 Å². The van der Waals surface area contributed by atoms with Crippen LogP contribution in [0.1, 0.15) is 12.5 Å². The van der Waals surface area contributed by atoms with Crippen LogP contribution < -0.4 is 10.1 Å². The van der Waals surface area contributed by atoms with Crippen molar-refractivity contribution in [1.29, 1.82) is 0 Å². The van der Waals surface area contributed by atoms with Gasteiger partial charge in [0.25, 0.3) is 5.69 Å². The zero-order valence-corrected chi connectivity index (χ0v) is 13.1. The topological polar surface area (TPSA) is 64.4 Å². The van der Waals surface area contributed by atoms with Gasteiger partial charge in [-0.05, 0) is 52.7 Å². The summed E-state index contributed by atoms with van der Waals surface area (Å²) in [4.78, 5) is 10.3. The molecule has 21 heavy (non-hydrogen) atoms. The number of nitrogens with one attached hydrogen (secondary N) is 1. The van der Waals surface area contributed by atoms with Gasteiger partial charge in [-0.3, -0.25) is 10.1 Å². The zero-order chi connectivity index (χ0) is 15.2. The molecular formula is C15H15BrN2O3. The Balaban J connectivity index is 2.04. The molecule has 0 aliphatic carbocycles. The lowest BCUT2D eigenvalue weighted by molar-refractivity contribution is -0.385. The van der Waals surface area contributed by atoms with Gasteiger partial charge in [0, 0.05) is 18.3 Å². The maximum atomic E-state index is 10.8. The van der Waals surface area contributed by atoms with Gasteiger partial charge in [0.1, 0.15) is 5.75 Å². The minimum atomic E-state index is -0.417. The lowest BCUT2D eigenvalue weighted by Crippen LogP contribution is -2.01. The first kappa shape index (κ1) is 15.3. The van der Waals surface area contributed by atoms with E-state index in [4.69, 9.17) is 4.74 Å². The minimum Gasteiger partial charge on any atom is -0.494 e. The summed E-state index contributed by atoms with van der Waals surface area (Å²) in [5.74, 6) is 0.835. The number of ether oxygens (including phenoxy) is 1. The second-order valence-corrected chi connectivity index (χ2v) is 5.21. The number of hydrogen-bond donors (Lipinski definition) is 1. The lowest BCUT2D eigenvalue weighted by Gasteiger charge is -2.09. The van der Waals surface area contributed by atoms with Crippen molar-refractivity contribution in [1.82, 2.24) is 0 Å².